The zero-order valence-electron chi connectivity index (χ0n) is 15.2. The first-order valence-electron chi connectivity index (χ1n) is 9.50. The average Bonchev–Trinajstić information content (AvgIpc) is 3.32. The molecule has 29 heavy (non-hydrogen) atoms. The van der Waals surface area contributed by atoms with Crippen LogP contribution in [0, 0.1) is 0 Å². The molecular formula is C25H13NOS2. The van der Waals surface area contributed by atoms with E-state index < -0.39 is 0 Å². The molecule has 4 aromatic carbocycles. The van der Waals surface area contributed by atoms with E-state index in [-0.39, 0.29) is 5.56 Å². The summed E-state index contributed by atoms with van der Waals surface area (Å²) in [4.78, 5) is 17.1. The Labute approximate surface area is 172 Å². The lowest BCUT2D eigenvalue weighted by Crippen LogP contribution is -2.02. The number of rotatable bonds is 0. The monoisotopic (exact) mass is 407 g/mol. The summed E-state index contributed by atoms with van der Waals surface area (Å²) in [7, 11) is 0. The van der Waals surface area contributed by atoms with Gasteiger partial charge in [-0.2, -0.15) is 0 Å². The predicted molar refractivity (Wildman–Crippen MR) is 128 cm³/mol. The minimum atomic E-state index is 0.00800. The molecule has 0 radical (unpaired) electrons. The highest BCUT2D eigenvalue weighted by Crippen LogP contribution is 2.45. The number of hydrogen-bond acceptors (Lipinski definition) is 3. The molecule has 0 saturated heterocycles. The van der Waals surface area contributed by atoms with Crippen LogP contribution in [0.2, 0.25) is 0 Å². The zero-order chi connectivity index (χ0) is 19.1. The molecule has 0 unspecified atom stereocenters. The highest BCUT2D eigenvalue weighted by molar-refractivity contribution is 7.27. The average molecular weight is 408 g/mol. The fourth-order valence-corrected chi connectivity index (χ4v) is 6.86. The summed E-state index contributed by atoms with van der Waals surface area (Å²) < 4.78 is 3.19. The molecule has 3 aromatic heterocycles. The zero-order valence-corrected chi connectivity index (χ0v) is 16.8. The van der Waals surface area contributed by atoms with Crippen LogP contribution in [-0.4, -0.2) is 4.98 Å². The molecule has 0 aliphatic carbocycles. The Hall–Kier alpha value is -3.21. The number of aromatic nitrogens is 1. The minimum absolute atomic E-state index is 0.00800. The van der Waals surface area contributed by atoms with Gasteiger partial charge in [-0.25, -0.2) is 0 Å². The van der Waals surface area contributed by atoms with Gasteiger partial charge >= 0.3 is 0 Å². The molecule has 0 saturated carbocycles. The van der Waals surface area contributed by atoms with E-state index in [0.29, 0.717) is 0 Å². The van der Waals surface area contributed by atoms with Crippen molar-refractivity contribution >= 4 is 84.7 Å². The smallest absolute Gasteiger partial charge is 0.267 e. The Morgan fingerprint density at radius 2 is 1.17 bits per heavy atom. The van der Waals surface area contributed by atoms with Crippen LogP contribution in [-0.2, 0) is 0 Å². The normalized spacial score (nSPS) is 12.3. The molecule has 2 nitrogen and oxygen atoms in total. The maximum absolute atomic E-state index is 13.0. The largest absolute Gasteiger partial charge is 0.312 e. The molecule has 7 rings (SSSR count). The van der Waals surface area contributed by atoms with Crippen LogP contribution in [0.4, 0.5) is 0 Å². The quantitative estimate of drug-likeness (QED) is 0.279. The number of H-pyrrole nitrogens is 1. The minimum Gasteiger partial charge on any atom is -0.312 e. The predicted octanol–water partition coefficient (Wildman–Crippen LogP) is 7.42. The molecule has 7 aromatic rings. The topological polar surface area (TPSA) is 32.9 Å². The summed E-state index contributed by atoms with van der Waals surface area (Å²) in [5.74, 6) is 0. The van der Waals surface area contributed by atoms with Crippen molar-refractivity contribution in [2.45, 2.75) is 0 Å². The van der Waals surface area contributed by atoms with Gasteiger partial charge < -0.3 is 4.98 Å². The number of hydrogen-bond donors (Lipinski definition) is 1. The van der Waals surface area contributed by atoms with Gasteiger partial charge in [-0.05, 0) is 33.7 Å². The van der Waals surface area contributed by atoms with E-state index in [9.17, 15) is 4.79 Å². The van der Waals surface area contributed by atoms with E-state index in [1.54, 1.807) is 22.7 Å². The van der Waals surface area contributed by atoms with Crippen LogP contribution < -0.4 is 5.56 Å². The lowest BCUT2D eigenvalue weighted by atomic mass is 9.99. The van der Waals surface area contributed by atoms with Crippen molar-refractivity contribution in [2.75, 3.05) is 0 Å². The van der Waals surface area contributed by atoms with Gasteiger partial charge in [0.25, 0.3) is 5.56 Å². The van der Waals surface area contributed by atoms with E-state index in [1.165, 1.54) is 42.4 Å². The lowest BCUT2D eigenvalue weighted by Gasteiger charge is -2.03. The third kappa shape index (κ3) is 1.97. The van der Waals surface area contributed by atoms with Gasteiger partial charge in [0.05, 0.1) is 0 Å². The third-order valence-electron chi connectivity index (χ3n) is 5.84. The van der Waals surface area contributed by atoms with Crippen molar-refractivity contribution in [1.82, 2.24) is 4.98 Å². The Kier molecular flexibility index (Phi) is 2.94. The summed E-state index contributed by atoms with van der Waals surface area (Å²) in [5, 5.41) is 9.61. The fourth-order valence-electron chi connectivity index (χ4n) is 4.62. The van der Waals surface area contributed by atoms with Gasteiger partial charge in [0.1, 0.15) is 9.53 Å². The first kappa shape index (κ1) is 15.7. The second-order valence-corrected chi connectivity index (χ2v) is 9.49. The van der Waals surface area contributed by atoms with Crippen molar-refractivity contribution in [3.8, 4) is 0 Å². The van der Waals surface area contributed by atoms with Crippen LogP contribution in [0.5, 0.6) is 0 Å². The number of nitrogens with one attached hydrogen (secondary N) is 1. The maximum Gasteiger partial charge on any atom is 0.267 e. The number of thiophene rings is 2. The van der Waals surface area contributed by atoms with Crippen molar-refractivity contribution < 1.29 is 0 Å². The molecule has 0 atom stereocenters. The van der Waals surface area contributed by atoms with Gasteiger partial charge in [0.2, 0.25) is 0 Å². The first-order chi connectivity index (χ1) is 14.3. The Balaban J connectivity index is 1.90. The molecule has 1 N–H and O–H groups in total. The Morgan fingerprint density at radius 3 is 1.86 bits per heavy atom. The van der Waals surface area contributed by atoms with Gasteiger partial charge in [0, 0.05) is 30.9 Å². The molecule has 0 fully saturated rings. The molecule has 0 bridgehead atoms. The third-order valence-corrected chi connectivity index (χ3v) is 8.07. The van der Waals surface area contributed by atoms with Crippen LogP contribution in [0.25, 0.3) is 62.0 Å². The van der Waals surface area contributed by atoms with Crippen molar-refractivity contribution in [2.24, 2.45) is 0 Å². The molecular weight excluding hydrogens is 394 g/mol. The molecule has 4 heteroatoms. The van der Waals surface area contributed by atoms with Crippen LogP contribution in [0.3, 0.4) is 0 Å². The number of fused-ring (bicyclic) bond motifs is 11. The number of benzene rings is 4. The number of pyridine rings is 1. The van der Waals surface area contributed by atoms with Gasteiger partial charge in [0.15, 0.2) is 0 Å². The Morgan fingerprint density at radius 1 is 0.586 bits per heavy atom. The van der Waals surface area contributed by atoms with E-state index in [0.717, 1.165) is 19.6 Å². The molecule has 0 aliphatic rings. The molecule has 0 amide bonds. The summed E-state index contributed by atoms with van der Waals surface area (Å²) >= 11 is 3.27. The van der Waals surface area contributed by atoms with Crippen molar-refractivity contribution in [3.05, 3.63) is 83.2 Å². The van der Waals surface area contributed by atoms with Crippen LogP contribution in [0.1, 0.15) is 0 Å². The van der Waals surface area contributed by atoms with Gasteiger partial charge in [-0.3, -0.25) is 4.79 Å². The van der Waals surface area contributed by atoms with Crippen molar-refractivity contribution in [1.29, 1.82) is 0 Å². The summed E-state index contributed by atoms with van der Waals surface area (Å²) in [6, 6.07) is 25.6. The standard InChI is InChI=1S/C25H13NOS2/c27-24-23-21(19-15-7-3-1-5-13(15)9-11-17(19)28-23)22-20-16-8-4-2-6-14(16)10-12-18(20)29-25(22)26-24/h1-12H,(H,26,27). The van der Waals surface area contributed by atoms with Crippen LogP contribution in [0.15, 0.2) is 77.6 Å². The van der Waals surface area contributed by atoms with Gasteiger partial charge in [-0.1, -0.05) is 60.7 Å². The molecule has 0 aliphatic heterocycles. The SMILES string of the molecule is O=c1[nH]c2sc3ccc4ccccc4c3c2c2c1sc1ccc3ccccc3c12. The molecule has 0 spiro atoms. The number of aromatic amines is 1. The highest BCUT2D eigenvalue weighted by Gasteiger charge is 2.19. The summed E-state index contributed by atoms with van der Waals surface area (Å²) in [6.45, 7) is 0. The maximum atomic E-state index is 13.0. The van der Waals surface area contributed by atoms with E-state index >= 15 is 0 Å². The second-order valence-electron chi connectivity index (χ2n) is 7.39. The summed E-state index contributed by atoms with van der Waals surface area (Å²) in [5.41, 5.74) is 0.00800. The van der Waals surface area contributed by atoms with E-state index in [4.69, 9.17) is 0 Å². The van der Waals surface area contributed by atoms with Gasteiger partial charge in [-0.15, -0.1) is 22.7 Å². The highest BCUT2D eigenvalue weighted by atomic mass is 32.1. The second kappa shape index (κ2) is 5.44. The Bertz CT molecular complexity index is 1840. The first-order valence-corrected chi connectivity index (χ1v) is 11.1. The fraction of sp³-hybridized carbons (Fsp3) is 0. The van der Waals surface area contributed by atoms with Crippen LogP contribution >= 0.6 is 22.7 Å². The van der Waals surface area contributed by atoms with Crippen molar-refractivity contribution in [3.63, 3.8) is 0 Å². The van der Waals surface area contributed by atoms with E-state index in [2.05, 4.69) is 77.8 Å². The molecule has 3 heterocycles. The lowest BCUT2D eigenvalue weighted by molar-refractivity contribution is 1.38. The van der Waals surface area contributed by atoms with E-state index in [1.807, 2.05) is 0 Å². The molecule has 136 valence electrons. The summed E-state index contributed by atoms with van der Waals surface area (Å²) in [6.07, 6.45) is 0.